The van der Waals surface area contributed by atoms with E-state index in [0.29, 0.717) is 0 Å². The zero-order valence-corrected chi connectivity index (χ0v) is 11.2. The summed E-state index contributed by atoms with van der Waals surface area (Å²) in [5.41, 5.74) is 3.26. The predicted molar refractivity (Wildman–Crippen MR) is 73.6 cm³/mol. The molecule has 0 bridgehead atoms. The monoisotopic (exact) mass is 257 g/mol. The van der Waals surface area contributed by atoms with E-state index in [9.17, 15) is 0 Å². The summed E-state index contributed by atoms with van der Waals surface area (Å²) in [6.45, 7) is 6.06. The first-order valence-electron chi connectivity index (χ1n) is 6.98. The van der Waals surface area contributed by atoms with Crippen molar-refractivity contribution in [3.8, 4) is 0 Å². The van der Waals surface area contributed by atoms with Crippen LogP contribution in [0.4, 0.5) is 0 Å². The van der Waals surface area contributed by atoms with E-state index in [0.717, 1.165) is 29.4 Å². The van der Waals surface area contributed by atoms with Crippen molar-refractivity contribution in [1.29, 1.82) is 0 Å². The highest BCUT2D eigenvalue weighted by atomic mass is 15.3. The van der Waals surface area contributed by atoms with Crippen LogP contribution in [0.2, 0.25) is 0 Å². The first kappa shape index (κ1) is 11.4. The molecule has 0 amide bonds. The molecule has 2 fully saturated rings. The van der Waals surface area contributed by atoms with Gasteiger partial charge in [-0.15, -0.1) is 0 Å². The minimum absolute atomic E-state index is 0.876. The van der Waals surface area contributed by atoms with Gasteiger partial charge in [0.1, 0.15) is 11.0 Å². The van der Waals surface area contributed by atoms with Gasteiger partial charge in [-0.3, -0.25) is 4.90 Å². The Labute approximate surface area is 112 Å². The Hall–Kier alpha value is -1.46. The van der Waals surface area contributed by atoms with Gasteiger partial charge in [0.2, 0.25) is 0 Å². The van der Waals surface area contributed by atoms with Crippen LogP contribution in [0.25, 0.3) is 11.0 Å². The molecule has 3 heterocycles. The molecule has 2 aliphatic heterocycles. The lowest BCUT2D eigenvalue weighted by Crippen LogP contribution is -2.26. The molecule has 2 aromatic rings. The summed E-state index contributed by atoms with van der Waals surface area (Å²) < 4.78 is 0. The van der Waals surface area contributed by atoms with Gasteiger partial charge in [-0.05, 0) is 36.6 Å². The van der Waals surface area contributed by atoms with Crippen molar-refractivity contribution in [2.75, 3.05) is 33.2 Å². The summed E-state index contributed by atoms with van der Waals surface area (Å²) >= 11 is 0. The number of fused-ring (bicyclic) bond motifs is 2. The molecule has 2 atom stereocenters. The molecule has 19 heavy (non-hydrogen) atoms. The number of nitrogens with zero attached hydrogens (tertiary/aromatic N) is 4. The molecule has 2 saturated heterocycles. The number of H-pyrrole nitrogens is 1. The zero-order valence-electron chi connectivity index (χ0n) is 11.2. The fourth-order valence-corrected chi connectivity index (χ4v) is 3.70. The summed E-state index contributed by atoms with van der Waals surface area (Å²) in [4.78, 5) is 5.05. The van der Waals surface area contributed by atoms with E-state index in [1.807, 2.05) is 0 Å². The molecule has 1 N–H and O–H groups in total. The van der Waals surface area contributed by atoms with Gasteiger partial charge in [-0.25, -0.2) is 0 Å². The Morgan fingerprint density at radius 1 is 1.11 bits per heavy atom. The molecule has 4 rings (SSSR count). The SMILES string of the molecule is CN1CC2CN(Cc3ccc4n[nH]nc4c3)CC2C1. The minimum atomic E-state index is 0.876. The van der Waals surface area contributed by atoms with Crippen LogP contribution in [0.3, 0.4) is 0 Å². The van der Waals surface area contributed by atoms with Crippen LogP contribution < -0.4 is 0 Å². The normalized spacial score (nSPS) is 28.3. The number of nitrogens with one attached hydrogen (secondary N) is 1. The minimum Gasteiger partial charge on any atom is -0.306 e. The number of likely N-dealkylation sites (tertiary alicyclic amines) is 2. The fraction of sp³-hybridized carbons (Fsp3) is 0.571. The molecule has 1 aromatic carbocycles. The Bertz CT molecular complexity index is 578. The third-order valence-electron chi connectivity index (χ3n) is 4.53. The summed E-state index contributed by atoms with van der Waals surface area (Å²) in [5, 5.41) is 10.9. The second-order valence-electron chi connectivity index (χ2n) is 6.08. The van der Waals surface area contributed by atoms with E-state index in [2.05, 4.69) is 50.5 Å². The predicted octanol–water partition coefficient (Wildman–Crippen LogP) is 0.951. The molecule has 0 radical (unpaired) electrons. The lowest BCUT2D eigenvalue weighted by atomic mass is 10.0. The third-order valence-corrected chi connectivity index (χ3v) is 4.53. The molecule has 1 aromatic heterocycles. The van der Waals surface area contributed by atoms with E-state index in [-0.39, 0.29) is 0 Å². The van der Waals surface area contributed by atoms with Crippen LogP contribution >= 0.6 is 0 Å². The van der Waals surface area contributed by atoms with Crippen LogP contribution in [0.5, 0.6) is 0 Å². The highest BCUT2D eigenvalue weighted by molar-refractivity contribution is 5.74. The van der Waals surface area contributed by atoms with Crippen molar-refractivity contribution in [3.05, 3.63) is 23.8 Å². The highest BCUT2D eigenvalue weighted by Gasteiger charge is 2.38. The molecule has 0 spiro atoms. The topological polar surface area (TPSA) is 48.0 Å². The molecule has 100 valence electrons. The van der Waals surface area contributed by atoms with Crippen LogP contribution in [-0.2, 0) is 6.54 Å². The third kappa shape index (κ3) is 2.03. The smallest absolute Gasteiger partial charge is 0.113 e. The highest BCUT2D eigenvalue weighted by Crippen LogP contribution is 2.31. The molecule has 2 unspecified atom stereocenters. The quantitative estimate of drug-likeness (QED) is 0.870. The lowest BCUT2D eigenvalue weighted by Gasteiger charge is -2.18. The van der Waals surface area contributed by atoms with Crippen molar-refractivity contribution < 1.29 is 0 Å². The number of benzene rings is 1. The number of hydrogen-bond donors (Lipinski definition) is 1. The van der Waals surface area contributed by atoms with Crippen molar-refractivity contribution in [1.82, 2.24) is 25.2 Å². The standard InChI is InChI=1S/C14H19N5/c1-18-6-11-8-19(9-12(11)7-18)5-10-2-3-13-14(4-10)16-17-15-13/h2-4,11-12H,5-9H2,1H3,(H,15,16,17). The average molecular weight is 257 g/mol. The number of aromatic amines is 1. The second kappa shape index (κ2) is 4.28. The maximum Gasteiger partial charge on any atom is 0.113 e. The van der Waals surface area contributed by atoms with Gasteiger partial charge in [0.15, 0.2) is 0 Å². The Morgan fingerprint density at radius 2 is 1.84 bits per heavy atom. The second-order valence-corrected chi connectivity index (χ2v) is 6.08. The molecule has 2 aliphatic rings. The van der Waals surface area contributed by atoms with Crippen LogP contribution in [0, 0.1) is 11.8 Å². The van der Waals surface area contributed by atoms with Gasteiger partial charge >= 0.3 is 0 Å². The molecule has 5 nitrogen and oxygen atoms in total. The van der Waals surface area contributed by atoms with Gasteiger partial charge in [-0.1, -0.05) is 6.07 Å². The van der Waals surface area contributed by atoms with Crippen LogP contribution in [-0.4, -0.2) is 58.4 Å². The van der Waals surface area contributed by atoms with Crippen LogP contribution in [0.15, 0.2) is 18.2 Å². The van der Waals surface area contributed by atoms with E-state index >= 15 is 0 Å². The van der Waals surface area contributed by atoms with Crippen molar-refractivity contribution in [2.45, 2.75) is 6.54 Å². The van der Waals surface area contributed by atoms with Crippen LogP contribution in [0.1, 0.15) is 5.56 Å². The summed E-state index contributed by atoms with van der Waals surface area (Å²) in [6, 6.07) is 6.38. The Kier molecular flexibility index (Phi) is 2.56. The molecule has 0 saturated carbocycles. The van der Waals surface area contributed by atoms with Crippen molar-refractivity contribution in [3.63, 3.8) is 0 Å². The van der Waals surface area contributed by atoms with Gasteiger partial charge in [0.05, 0.1) is 0 Å². The molecule has 5 heteroatoms. The van der Waals surface area contributed by atoms with Gasteiger partial charge in [0, 0.05) is 32.7 Å². The first-order chi connectivity index (χ1) is 9.28. The largest absolute Gasteiger partial charge is 0.306 e. The van der Waals surface area contributed by atoms with Crippen molar-refractivity contribution >= 4 is 11.0 Å². The van der Waals surface area contributed by atoms with E-state index < -0.39 is 0 Å². The Balaban J connectivity index is 1.47. The maximum absolute atomic E-state index is 4.16. The lowest BCUT2D eigenvalue weighted by molar-refractivity contribution is 0.272. The first-order valence-corrected chi connectivity index (χ1v) is 6.98. The van der Waals surface area contributed by atoms with Gasteiger partial charge < -0.3 is 4.90 Å². The number of hydrogen-bond acceptors (Lipinski definition) is 4. The zero-order chi connectivity index (χ0) is 12.8. The molecular weight excluding hydrogens is 238 g/mol. The van der Waals surface area contributed by atoms with E-state index in [4.69, 9.17) is 0 Å². The van der Waals surface area contributed by atoms with Gasteiger partial charge in [-0.2, -0.15) is 15.4 Å². The Morgan fingerprint density at radius 3 is 2.63 bits per heavy atom. The number of aromatic nitrogens is 3. The summed E-state index contributed by atoms with van der Waals surface area (Å²) in [5.74, 6) is 1.75. The van der Waals surface area contributed by atoms with E-state index in [1.165, 1.54) is 31.7 Å². The van der Waals surface area contributed by atoms with Gasteiger partial charge in [0.25, 0.3) is 0 Å². The molecular formula is C14H19N5. The number of rotatable bonds is 2. The fourth-order valence-electron chi connectivity index (χ4n) is 3.70. The summed E-state index contributed by atoms with van der Waals surface area (Å²) in [7, 11) is 2.24. The maximum atomic E-state index is 4.16. The van der Waals surface area contributed by atoms with E-state index in [1.54, 1.807) is 0 Å². The van der Waals surface area contributed by atoms with Crippen molar-refractivity contribution in [2.24, 2.45) is 11.8 Å². The molecule has 0 aliphatic carbocycles. The average Bonchev–Trinajstić information content (AvgIpc) is 3.02. The summed E-state index contributed by atoms with van der Waals surface area (Å²) in [6.07, 6.45) is 0.